The van der Waals surface area contributed by atoms with Gasteiger partial charge in [-0.25, -0.2) is 24.9 Å². The van der Waals surface area contributed by atoms with Crippen molar-refractivity contribution in [3.8, 4) is 11.4 Å². The molecule has 1 aliphatic heterocycles. The van der Waals surface area contributed by atoms with E-state index in [1.54, 1.807) is 26.2 Å². The molecule has 136 valence electrons. The molecule has 4 rings (SSSR count). The van der Waals surface area contributed by atoms with Crippen molar-refractivity contribution < 1.29 is 9.84 Å². The Morgan fingerprint density at radius 2 is 1.85 bits per heavy atom. The van der Waals surface area contributed by atoms with Crippen molar-refractivity contribution >= 4 is 33.5 Å². The second-order valence-electron chi connectivity index (χ2n) is 6.53. The zero-order valence-electron chi connectivity index (χ0n) is 14.5. The lowest BCUT2D eigenvalue weighted by atomic mass is 10.2. The SMILES string of the molecule is CC(C)(O)c1nc2nc(-c3cnc(N)nc3)nc(N3CCOCC3)c2s1. The summed E-state index contributed by atoms with van der Waals surface area (Å²) in [7, 11) is 0. The number of rotatable bonds is 3. The van der Waals surface area contributed by atoms with Gasteiger partial charge in [0, 0.05) is 25.5 Å². The quantitative estimate of drug-likeness (QED) is 0.696. The molecule has 3 aromatic rings. The number of morpholine rings is 1. The molecule has 0 spiro atoms. The smallest absolute Gasteiger partial charge is 0.219 e. The summed E-state index contributed by atoms with van der Waals surface area (Å²) < 4.78 is 6.30. The topological polar surface area (TPSA) is 123 Å². The van der Waals surface area contributed by atoms with E-state index in [2.05, 4.69) is 24.8 Å². The van der Waals surface area contributed by atoms with E-state index in [0.29, 0.717) is 35.3 Å². The van der Waals surface area contributed by atoms with E-state index < -0.39 is 5.60 Å². The number of ether oxygens (including phenoxy) is 1. The highest BCUT2D eigenvalue weighted by Gasteiger charge is 2.26. The van der Waals surface area contributed by atoms with Gasteiger partial charge in [0.2, 0.25) is 5.95 Å². The minimum Gasteiger partial charge on any atom is -0.383 e. The molecule has 0 bridgehead atoms. The van der Waals surface area contributed by atoms with Gasteiger partial charge in [0.1, 0.15) is 15.3 Å². The average Bonchev–Trinajstić information content (AvgIpc) is 3.07. The van der Waals surface area contributed by atoms with Crippen LogP contribution in [0.25, 0.3) is 21.7 Å². The van der Waals surface area contributed by atoms with Crippen LogP contribution in [0.5, 0.6) is 0 Å². The lowest BCUT2D eigenvalue weighted by Gasteiger charge is -2.28. The fourth-order valence-corrected chi connectivity index (χ4v) is 3.67. The van der Waals surface area contributed by atoms with Crippen molar-refractivity contribution in [3.63, 3.8) is 0 Å². The maximum absolute atomic E-state index is 10.3. The molecule has 26 heavy (non-hydrogen) atoms. The van der Waals surface area contributed by atoms with Crippen LogP contribution in [-0.2, 0) is 10.3 Å². The maximum atomic E-state index is 10.3. The van der Waals surface area contributed by atoms with E-state index in [9.17, 15) is 5.11 Å². The Hall–Kier alpha value is -2.43. The van der Waals surface area contributed by atoms with Gasteiger partial charge in [-0.15, -0.1) is 11.3 Å². The third kappa shape index (κ3) is 3.18. The second-order valence-corrected chi connectivity index (χ2v) is 7.53. The lowest BCUT2D eigenvalue weighted by molar-refractivity contribution is 0.0784. The van der Waals surface area contributed by atoms with Gasteiger partial charge in [-0.2, -0.15) is 0 Å². The molecule has 4 heterocycles. The van der Waals surface area contributed by atoms with Crippen molar-refractivity contribution in [2.45, 2.75) is 19.4 Å². The molecule has 1 aliphatic rings. The van der Waals surface area contributed by atoms with Gasteiger partial charge in [0.15, 0.2) is 17.3 Å². The van der Waals surface area contributed by atoms with E-state index in [0.717, 1.165) is 23.6 Å². The summed E-state index contributed by atoms with van der Waals surface area (Å²) in [6, 6.07) is 0. The summed E-state index contributed by atoms with van der Waals surface area (Å²) >= 11 is 1.41. The molecule has 0 atom stereocenters. The molecule has 1 saturated heterocycles. The van der Waals surface area contributed by atoms with Crippen molar-refractivity contribution in [1.29, 1.82) is 0 Å². The van der Waals surface area contributed by atoms with Crippen LogP contribution in [0.15, 0.2) is 12.4 Å². The van der Waals surface area contributed by atoms with E-state index in [4.69, 9.17) is 15.5 Å². The first-order valence-corrected chi connectivity index (χ1v) is 9.05. The molecule has 0 saturated carbocycles. The number of nitrogens with zero attached hydrogens (tertiary/aromatic N) is 6. The number of hydrogen-bond donors (Lipinski definition) is 2. The summed E-state index contributed by atoms with van der Waals surface area (Å²) in [5.41, 5.74) is 5.74. The zero-order valence-corrected chi connectivity index (χ0v) is 15.3. The van der Waals surface area contributed by atoms with Crippen LogP contribution in [0.4, 0.5) is 11.8 Å². The summed E-state index contributed by atoms with van der Waals surface area (Å²) in [4.78, 5) is 24.0. The predicted molar refractivity (Wildman–Crippen MR) is 98.9 cm³/mol. The van der Waals surface area contributed by atoms with Crippen LogP contribution < -0.4 is 10.6 Å². The van der Waals surface area contributed by atoms with Gasteiger partial charge in [0.25, 0.3) is 0 Å². The molecule has 9 nitrogen and oxygen atoms in total. The zero-order chi connectivity index (χ0) is 18.3. The Labute approximate surface area is 153 Å². The first-order valence-electron chi connectivity index (χ1n) is 8.24. The molecule has 0 amide bonds. The molecular formula is C16H19N7O2S. The Kier molecular flexibility index (Phi) is 4.17. The number of thiazole rings is 1. The lowest BCUT2D eigenvalue weighted by Crippen LogP contribution is -2.36. The Bertz CT molecular complexity index is 930. The van der Waals surface area contributed by atoms with E-state index in [1.165, 1.54) is 11.3 Å². The van der Waals surface area contributed by atoms with Gasteiger partial charge < -0.3 is 20.5 Å². The Morgan fingerprint density at radius 3 is 2.50 bits per heavy atom. The molecule has 0 unspecified atom stereocenters. The van der Waals surface area contributed by atoms with E-state index in [-0.39, 0.29) is 5.95 Å². The van der Waals surface area contributed by atoms with Crippen molar-refractivity contribution in [2.24, 2.45) is 0 Å². The maximum Gasteiger partial charge on any atom is 0.219 e. The highest BCUT2D eigenvalue weighted by Crippen LogP contribution is 2.35. The molecule has 0 radical (unpaired) electrons. The Balaban J connectivity index is 1.89. The van der Waals surface area contributed by atoms with Gasteiger partial charge in [0.05, 0.1) is 18.8 Å². The first-order chi connectivity index (χ1) is 12.4. The monoisotopic (exact) mass is 373 g/mol. The van der Waals surface area contributed by atoms with Crippen LogP contribution in [0.1, 0.15) is 18.9 Å². The summed E-state index contributed by atoms with van der Waals surface area (Å²) in [5, 5.41) is 10.9. The third-order valence-corrected chi connectivity index (χ3v) is 5.35. The van der Waals surface area contributed by atoms with Crippen LogP contribution in [0.2, 0.25) is 0 Å². The summed E-state index contributed by atoms with van der Waals surface area (Å²) in [5.74, 6) is 1.46. The number of hydrogen-bond acceptors (Lipinski definition) is 10. The number of nitrogen functional groups attached to an aromatic ring is 1. The molecule has 10 heteroatoms. The van der Waals surface area contributed by atoms with Crippen LogP contribution in [0, 0.1) is 0 Å². The highest BCUT2D eigenvalue weighted by molar-refractivity contribution is 7.19. The van der Waals surface area contributed by atoms with Crippen molar-refractivity contribution in [2.75, 3.05) is 36.9 Å². The van der Waals surface area contributed by atoms with Gasteiger partial charge >= 0.3 is 0 Å². The fraction of sp³-hybridized carbons (Fsp3) is 0.438. The minimum absolute atomic E-state index is 0.196. The average molecular weight is 373 g/mol. The van der Waals surface area contributed by atoms with Crippen LogP contribution >= 0.6 is 11.3 Å². The van der Waals surface area contributed by atoms with Crippen molar-refractivity contribution in [3.05, 3.63) is 17.4 Å². The number of anilines is 2. The second kappa shape index (κ2) is 6.38. The number of aromatic nitrogens is 5. The molecule has 0 aromatic carbocycles. The Morgan fingerprint density at radius 1 is 1.15 bits per heavy atom. The number of fused-ring (bicyclic) bond motifs is 1. The standard InChI is InChI=1S/C16H19N7O2S/c1-16(2,24)14-22-12-10(26-14)13(23-3-5-25-6-4-23)21-11(20-12)9-7-18-15(17)19-8-9/h7-8,24H,3-6H2,1-2H3,(H2,17,18,19). The summed E-state index contributed by atoms with van der Waals surface area (Å²) in [6.07, 6.45) is 3.19. The van der Waals surface area contributed by atoms with Gasteiger partial charge in [-0.1, -0.05) is 0 Å². The molecule has 3 aromatic heterocycles. The van der Waals surface area contributed by atoms with Crippen molar-refractivity contribution in [1.82, 2.24) is 24.9 Å². The predicted octanol–water partition coefficient (Wildman–Crippen LogP) is 1.19. The van der Waals surface area contributed by atoms with Crippen LogP contribution in [-0.4, -0.2) is 56.3 Å². The molecule has 0 aliphatic carbocycles. The van der Waals surface area contributed by atoms with E-state index in [1.807, 2.05) is 0 Å². The number of nitrogens with two attached hydrogens (primary N) is 1. The first kappa shape index (κ1) is 17.0. The van der Waals surface area contributed by atoms with Gasteiger partial charge in [-0.3, -0.25) is 0 Å². The normalized spacial score (nSPS) is 15.6. The fourth-order valence-electron chi connectivity index (χ4n) is 2.64. The minimum atomic E-state index is -1.04. The van der Waals surface area contributed by atoms with E-state index >= 15 is 0 Å². The third-order valence-electron chi connectivity index (χ3n) is 4.00. The highest BCUT2D eigenvalue weighted by atomic mass is 32.1. The molecule has 3 N–H and O–H groups in total. The molecular weight excluding hydrogens is 354 g/mol. The molecule has 1 fully saturated rings. The number of aliphatic hydroxyl groups is 1. The largest absolute Gasteiger partial charge is 0.383 e. The summed E-state index contributed by atoms with van der Waals surface area (Å²) in [6.45, 7) is 6.17. The van der Waals surface area contributed by atoms with Crippen LogP contribution in [0.3, 0.4) is 0 Å². The van der Waals surface area contributed by atoms with Gasteiger partial charge in [-0.05, 0) is 13.8 Å².